The molecule has 0 aliphatic rings. The van der Waals surface area contributed by atoms with E-state index in [2.05, 4.69) is 5.32 Å². The lowest BCUT2D eigenvalue weighted by Crippen LogP contribution is -2.31. The molecule has 0 atom stereocenters. The Morgan fingerprint density at radius 1 is 1.15 bits per heavy atom. The van der Waals surface area contributed by atoms with Gasteiger partial charge in [-0.2, -0.15) is 4.31 Å². The smallest absolute Gasteiger partial charge is 0.251 e. The monoisotopic (exact) mass is 386 g/mol. The predicted molar refractivity (Wildman–Crippen MR) is 101 cm³/mol. The molecule has 0 saturated heterocycles. The quantitative estimate of drug-likeness (QED) is 0.554. The van der Waals surface area contributed by atoms with Crippen LogP contribution >= 0.6 is 0 Å². The number of aryl methyl sites for hydroxylation is 1. The molecule has 1 N–H and O–H groups in total. The maximum absolute atomic E-state index is 12.7. The van der Waals surface area contributed by atoms with Gasteiger partial charge in [0.2, 0.25) is 10.0 Å². The maximum atomic E-state index is 12.7. The van der Waals surface area contributed by atoms with E-state index < -0.39 is 10.0 Å². The molecule has 0 radical (unpaired) electrons. The van der Waals surface area contributed by atoms with Crippen molar-refractivity contribution in [1.82, 2.24) is 9.62 Å². The van der Waals surface area contributed by atoms with E-state index in [1.165, 1.54) is 10.4 Å². The molecule has 0 spiro atoms. The Bertz CT molecular complexity index is 672. The van der Waals surface area contributed by atoms with Crippen LogP contribution in [0.5, 0.6) is 0 Å². The molecule has 7 nitrogen and oxygen atoms in total. The molecule has 0 bridgehead atoms. The van der Waals surface area contributed by atoms with Crippen molar-refractivity contribution in [2.75, 3.05) is 46.6 Å². The van der Waals surface area contributed by atoms with Crippen molar-refractivity contribution in [2.45, 2.75) is 32.1 Å². The van der Waals surface area contributed by atoms with E-state index in [0.29, 0.717) is 57.0 Å². The van der Waals surface area contributed by atoms with Gasteiger partial charge in [0.25, 0.3) is 5.91 Å². The Labute approximate surface area is 156 Å². The number of methoxy groups -OCH3 is 1. The molecule has 26 heavy (non-hydrogen) atoms. The normalized spacial score (nSPS) is 11.7. The average Bonchev–Trinajstić information content (AvgIpc) is 2.61. The van der Waals surface area contributed by atoms with Crippen LogP contribution in [0.3, 0.4) is 0 Å². The first-order chi connectivity index (χ1) is 12.4. The molecule has 1 rings (SSSR count). The standard InChI is InChI=1S/C18H30N2O5S/c1-5-20(6-2)26(22,23)17-14-16(9-8-15(17)3)18(21)19-10-7-11-25-13-12-24-4/h8-9,14H,5-7,10-13H2,1-4H3,(H,19,21). The summed E-state index contributed by atoms with van der Waals surface area (Å²) in [6.45, 7) is 8.14. The van der Waals surface area contributed by atoms with Crippen LogP contribution < -0.4 is 5.32 Å². The second-order valence-electron chi connectivity index (χ2n) is 5.78. The maximum Gasteiger partial charge on any atom is 0.251 e. The number of rotatable bonds is 12. The number of nitrogens with zero attached hydrogens (tertiary/aromatic N) is 1. The zero-order valence-electron chi connectivity index (χ0n) is 16.1. The van der Waals surface area contributed by atoms with Crippen molar-refractivity contribution in [3.05, 3.63) is 29.3 Å². The molecule has 0 aliphatic heterocycles. The number of ether oxygens (including phenoxy) is 2. The van der Waals surface area contributed by atoms with Crippen LogP contribution in [0, 0.1) is 6.92 Å². The molecule has 0 saturated carbocycles. The molecule has 1 amide bonds. The number of amides is 1. The van der Waals surface area contributed by atoms with E-state index in [4.69, 9.17) is 9.47 Å². The fraction of sp³-hybridized carbons (Fsp3) is 0.611. The largest absolute Gasteiger partial charge is 0.382 e. The summed E-state index contributed by atoms with van der Waals surface area (Å²) in [6, 6.07) is 4.76. The average molecular weight is 387 g/mol. The Morgan fingerprint density at radius 3 is 2.46 bits per heavy atom. The van der Waals surface area contributed by atoms with Crippen molar-refractivity contribution in [2.24, 2.45) is 0 Å². The van der Waals surface area contributed by atoms with Gasteiger partial charge in [0.1, 0.15) is 0 Å². The van der Waals surface area contributed by atoms with E-state index in [0.717, 1.165) is 0 Å². The molecule has 1 aromatic carbocycles. The molecular formula is C18H30N2O5S. The van der Waals surface area contributed by atoms with Gasteiger partial charge >= 0.3 is 0 Å². The number of hydrogen-bond acceptors (Lipinski definition) is 5. The fourth-order valence-electron chi connectivity index (χ4n) is 2.44. The summed E-state index contributed by atoms with van der Waals surface area (Å²) in [5.41, 5.74) is 0.960. The van der Waals surface area contributed by atoms with Gasteiger partial charge in [0.15, 0.2) is 0 Å². The molecular weight excluding hydrogens is 356 g/mol. The first-order valence-electron chi connectivity index (χ1n) is 8.84. The van der Waals surface area contributed by atoms with Crippen molar-refractivity contribution in [1.29, 1.82) is 0 Å². The van der Waals surface area contributed by atoms with Crippen LogP contribution in [0.4, 0.5) is 0 Å². The first kappa shape index (κ1) is 22.6. The highest BCUT2D eigenvalue weighted by Crippen LogP contribution is 2.21. The third-order valence-corrected chi connectivity index (χ3v) is 6.15. The van der Waals surface area contributed by atoms with Crippen LogP contribution in [0.1, 0.15) is 36.2 Å². The predicted octanol–water partition coefficient (Wildman–Crippen LogP) is 1.81. The number of hydrogen-bond donors (Lipinski definition) is 1. The van der Waals surface area contributed by atoms with Gasteiger partial charge in [0.05, 0.1) is 18.1 Å². The molecule has 0 heterocycles. The van der Waals surface area contributed by atoms with Gasteiger partial charge in [-0.15, -0.1) is 0 Å². The molecule has 1 aromatic rings. The zero-order valence-corrected chi connectivity index (χ0v) is 16.9. The summed E-state index contributed by atoms with van der Waals surface area (Å²) in [4.78, 5) is 12.5. The molecule has 148 valence electrons. The number of nitrogens with one attached hydrogen (secondary N) is 1. The highest BCUT2D eigenvalue weighted by molar-refractivity contribution is 7.89. The third kappa shape index (κ3) is 6.35. The summed E-state index contributed by atoms with van der Waals surface area (Å²) in [7, 11) is -1.99. The van der Waals surface area contributed by atoms with Crippen LogP contribution in [0.2, 0.25) is 0 Å². The number of carbonyl (C=O) groups is 1. The lowest BCUT2D eigenvalue weighted by atomic mass is 10.1. The fourth-order valence-corrected chi connectivity index (χ4v) is 4.15. The summed E-state index contributed by atoms with van der Waals surface area (Å²) in [5.74, 6) is -0.294. The van der Waals surface area contributed by atoms with Crippen molar-refractivity contribution < 1.29 is 22.7 Å². The van der Waals surface area contributed by atoms with E-state index in [-0.39, 0.29) is 10.8 Å². The topological polar surface area (TPSA) is 84.9 Å². The van der Waals surface area contributed by atoms with Crippen molar-refractivity contribution >= 4 is 15.9 Å². The minimum absolute atomic E-state index is 0.178. The lowest BCUT2D eigenvalue weighted by Gasteiger charge is -2.20. The third-order valence-electron chi connectivity index (χ3n) is 3.96. The Morgan fingerprint density at radius 2 is 1.85 bits per heavy atom. The van der Waals surface area contributed by atoms with Crippen molar-refractivity contribution in [3.8, 4) is 0 Å². The van der Waals surface area contributed by atoms with Crippen LogP contribution in [0.25, 0.3) is 0 Å². The van der Waals surface area contributed by atoms with E-state index in [1.54, 1.807) is 40.0 Å². The minimum Gasteiger partial charge on any atom is -0.382 e. The zero-order chi connectivity index (χ0) is 19.6. The summed E-state index contributed by atoms with van der Waals surface area (Å²) < 4.78 is 37.1. The molecule has 0 aliphatic carbocycles. The molecule has 0 fully saturated rings. The highest BCUT2D eigenvalue weighted by Gasteiger charge is 2.24. The first-order valence-corrected chi connectivity index (χ1v) is 10.3. The van der Waals surface area contributed by atoms with E-state index in [9.17, 15) is 13.2 Å². The summed E-state index contributed by atoms with van der Waals surface area (Å²) in [6.07, 6.45) is 0.673. The number of benzene rings is 1. The Kier molecular flexibility index (Phi) is 9.79. The van der Waals surface area contributed by atoms with Crippen LogP contribution in [0.15, 0.2) is 23.1 Å². The van der Waals surface area contributed by atoms with Crippen LogP contribution in [-0.4, -0.2) is 65.2 Å². The molecule has 0 aromatic heterocycles. The second kappa shape index (κ2) is 11.3. The molecule has 0 unspecified atom stereocenters. The Balaban J connectivity index is 2.73. The van der Waals surface area contributed by atoms with Crippen LogP contribution in [-0.2, 0) is 19.5 Å². The van der Waals surface area contributed by atoms with Gasteiger partial charge in [-0.1, -0.05) is 19.9 Å². The number of carbonyl (C=O) groups excluding carboxylic acids is 1. The molecule has 8 heteroatoms. The highest BCUT2D eigenvalue weighted by atomic mass is 32.2. The summed E-state index contributed by atoms with van der Waals surface area (Å²) >= 11 is 0. The van der Waals surface area contributed by atoms with Gasteiger partial charge in [-0.05, 0) is 31.0 Å². The van der Waals surface area contributed by atoms with Gasteiger partial charge in [0, 0.05) is 38.9 Å². The SMILES string of the molecule is CCN(CC)S(=O)(=O)c1cc(C(=O)NCCCOCCOC)ccc1C. The van der Waals surface area contributed by atoms with Gasteiger partial charge in [-0.3, -0.25) is 4.79 Å². The minimum atomic E-state index is -3.60. The van der Waals surface area contributed by atoms with E-state index in [1.807, 2.05) is 0 Å². The Hall–Kier alpha value is -1.48. The number of sulfonamides is 1. The summed E-state index contributed by atoms with van der Waals surface area (Å²) in [5, 5.41) is 2.79. The lowest BCUT2D eigenvalue weighted by molar-refractivity contribution is 0.0688. The van der Waals surface area contributed by atoms with Gasteiger partial charge in [-0.25, -0.2) is 8.42 Å². The van der Waals surface area contributed by atoms with Gasteiger partial charge < -0.3 is 14.8 Å². The van der Waals surface area contributed by atoms with Crippen molar-refractivity contribution in [3.63, 3.8) is 0 Å². The second-order valence-corrected chi connectivity index (χ2v) is 7.69. The van der Waals surface area contributed by atoms with E-state index >= 15 is 0 Å².